The van der Waals surface area contributed by atoms with Crippen LogP contribution >= 0.6 is 11.3 Å². The highest BCUT2D eigenvalue weighted by atomic mass is 32.1. The largest absolute Gasteiger partial charge is 0.504 e. The standard InChI is InChI=1S/C14H14N2O3S/c1-15-14(18)12-8-16-13(20-12)6-4-9-3-5-11(19-2)10(17)7-9/h3-8,17H,1-2H3,(H,15,18)/b6-4-. The number of aromatic nitrogens is 1. The van der Waals surface area contributed by atoms with Crippen molar-refractivity contribution in [1.82, 2.24) is 10.3 Å². The lowest BCUT2D eigenvalue weighted by molar-refractivity contribution is 0.0967. The van der Waals surface area contributed by atoms with Crippen molar-refractivity contribution in [2.24, 2.45) is 0 Å². The van der Waals surface area contributed by atoms with E-state index in [0.717, 1.165) is 10.6 Å². The van der Waals surface area contributed by atoms with Crippen LogP contribution in [0.1, 0.15) is 20.2 Å². The molecule has 0 fully saturated rings. The average Bonchev–Trinajstić information content (AvgIpc) is 2.93. The maximum Gasteiger partial charge on any atom is 0.262 e. The lowest BCUT2D eigenvalue weighted by Crippen LogP contribution is -2.16. The molecule has 6 heteroatoms. The van der Waals surface area contributed by atoms with Gasteiger partial charge in [-0.3, -0.25) is 4.79 Å². The van der Waals surface area contributed by atoms with Crippen molar-refractivity contribution in [3.05, 3.63) is 39.8 Å². The molecule has 2 aromatic rings. The van der Waals surface area contributed by atoms with Crippen molar-refractivity contribution in [3.8, 4) is 11.5 Å². The highest BCUT2D eigenvalue weighted by Crippen LogP contribution is 2.27. The van der Waals surface area contributed by atoms with E-state index in [-0.39, 0.29) is 11.7 Å². The normalized spacial score (nSPS) is 10.7. The van der Waals surface area contributed by atoms with Crippen molar-refractivity contribution in [2.75, 3.05) is 14.2 Å². The number of rotatable bonds is 4. The monoisotopic (exact) mass is 290 g/mol. The smallest absolute Gasteiger partial charge is 0.262 e. The summed E-state index contributed by atoms with van der Waals surface area (Å²) in [5.41, 5.74) is 0.819. The molecule has 0 saturated carbocycles. The van der Waals surface area contributed by atoms with Crippen LogP contribution < -0.4 is 10.1 Å². The van der Waals surface area contributed by atoms with E-state index in [1.165, 1.54) is 24.6 Å². The zero-order chi connectivity index (χ0) is 14.5. The van der Waals surface area contributed by atoms with E-state index in [4.69, 9.17) is 4.74 Å². The third-order valence-corrected chi connectivity index (χ3v) is 3.56. The molecule has 5 nitrogen and oxygen atoms in total. The molecule has 0 unspecified atom stereocenters. The van der Waals surface area contributed by atoms with E-state index in [1.807, 2.05) is 12.1 Å². The van der Waals surface area contributed by atoms with Crippen molar-refractivity contribution >= 4 is 29.4 Å². The van der Waals surface area contributed by atoms with Crippen molar-refractivity contribution in [2.45, 2.75) is 0 Å². The van der Waals surface area contributed by atoms with Gasteiger partial charge in [-0.1, -0.05) is 12.1 Å². The van der Waals surface area contributed by atoms with E-state index in [1.54, 1.807) is 25.3 Å². The van der Waals surface area contributed by atoms with E-state index in [0.29, 0.717) is 10.6 Å². The predicted molar refractivity (Wildman–Crippen MR) is 79.1 cm³/mol. The zero-order valence-electron chi connectivity index (χ0n) is 11.1. The minimum Gasteiger partial charge on any atom is -0.504 e. The van der Waals surface area contributed by atoms with E-state index >= 15 is 0 Å². The number of nitrogens with one attached hydrogen (secondary N) is 1. The fourth-order valence-corrected chi connectivity index (χ4v) is 2.34. The Hall–Kier alpha value is -2.34. The second-order valence-corrected chi connectivity index (χ2v) is 4.97. The molecule has 0 aliphatic heterocycles. The summed E-state index contributed by atoms with van der Waals surface area (Å²) in [5, 5.41) is 12.9. The molecule has 0 bridgehead atoms. The number of phenols is 1. The van der Waals surface area contributed by atoms with Gasteiger partial charge in [0.2, 0.25) is 0 Å². The van der Waals surface area contributed by atoms with Crippen LogP contribution in [0.3, 0.4) is 0 Å². The van der Waals surface area contributed by atoms with Crippen LogP contribution in [-0.4, -0.2) is 30.2 Å². The number of amides is 1. The molecule has 1 heterocycles. The van der Waals surface area contributed by atoms with Crippen LogP contribution in [0.15, 0.2) is 24.4 Å². The molecule has 0 atom stereocenters. The molecular formula is C14H14N2O3S. The molecule has 2 rings (SSSR count). The van der Waals surface area contributed by atoms with Gasteiger partial charge in [-0.05, 0) is 23.8 Å². The zero-order valence-corrected chi connectivity index (χ0v) is 11.9. The first-order valence-corrected chi connectivity index (χ1v) is 6.68. The van der Waals surface area contributed by atoms with Gasteiger partial charge in [0.15, 0.2) is 11.5 Å². The quantitative estimate of drug-likeness (QED) is 0.907. The number of nitrogens with zero attached hydrogens (tertiary/aromatic N) is 1. The van der Waals surface area contributed by atoms with E-state index in [2.05, 4.69) is 10.3 Å². The number of methoxy groups -OCH3 is 1. The Bertz CT molecular complexity index is 650. The lowest BCUT2D eigenvalue weighted by Gasteiger charge is -2.02. The van der Waals surface area contributed by atoms with Crippen molar-refractivity contribution in [3.63, 3.8) is 0 Å². The van der Waals surface area contributed by atoms with Gasteiger partial charge < -0.3 is 15.2 Å². The van der Waals surface area contributed by atoms with Crippen LogP contribution in [0.5, 0.6) is 11.5 Å². The number of hydrogen-bond acceptors (Lipinski definition) is 5. The summed E-state index contributed by atoms with van der Waals surface area (Å²) in [6, 6.07) is 5.11. The van der Waals surface area contributed by atoms with Gasteiger partial charge in [0.05, 0.1) is 13.3 Å². The van der Waals surface area contributed by atoms with Gasteiger partial charge in [-0.2, -0.15) is 0 Å². The summed E-state index contributed by atoms with van der Waals surface area (Å²) in [4.78, 5) is 16.1. The minimum atomic E-state index is -0.149. The highest BCUT2D eigenvalue weighted by molar-refractivity contribution is 7.14. The molecule has 1 amide bonds. The summed E-state index contributed by atoms with van der Waals surface area (Å²) in [7, 11) is 3.08. The van der Waals surface area contributed by atoms with Crippen LogP contribution in [0.4, 0.5) is 0 Å². The number of benzene rings is 1. The molecule has 0 spiro atoms. The molecule has 1 aromatic heterocycles. The molecule has 104 valence electrons. The number of thiazole rings is 1. The molecule has 0 aliphatic rings. The van der Waals surface area contributed by atoms with Crippen LogP contribution in [0.2, 0.25) is 0 Å². The molecule has 0 radical (unpaired) electrons. The first-order chi connectivity index (χ1) is 9.63. The number of carbonyl (C=O) groups excluding carboxylic acids is 1. The summed E-state index contributed by atoms with van der Waals surface area (Å²) in [5.74, 6) is 0.363. The predicted octanol–water partition coefficient (Wildman–Crippen LogP) is 2.39. The molecule has 20 heavy (non-hydrogen) atoms. The SMILES string of the molecule is CNC(=O)c1cnc(/C=C\c2ccc(OC)c(O)c2)s1. The first-order valence-electron chi connectivity index (χ1n) is 5.87. The van der Waals surface area contributed by atoms with Crippen molar-refractivity contribution in [1.29, 1.82) is 0 Å². The Labute approximate surface area is 120 Å². The molecule has 0 saturated heterocycles. The highest BCUT2D eigenvalue weighted by Gasteiger charge is 2.06. The van der Waals surface area contributed by atoms with Crippen LogP contribution in [-0.2, 0) is 0 Å². The summed E-state index contributed by atoms with van der Waals surface area (Å²) < 4.78 is 4.98. The topological polar surface area (TPSA) is 71.5 Å². The maximum atomic E-state index is 11.4. The van der Waals surface area contributed by atoms with Crippen molar-refractivity contribution < 1.29 is 14.6 Å². The number of carbonyl (C=O) groups is 1. The Balaban J connectivity index is 2.15. The Morgan fingerprint density at radius 1 is 1.45 bits per heavy atom. The number of phenolic OH excluding ortho intramolecular Hbond substituents is 1. The molecule has 1 aromatic carbocycles. The third-order valence-electron chi connectivity index (χ3n) is 2.60. The summed E-state index contributed by atoms with van der Waals surface area (Å²) in [6.07, 6.45) is 5.14. The van der Waals surface area contributed by atoms with Gasteiger partial charge in [0.25, 0.3) is 5.91 Å². The van der Waals surface area contributed by atoms with Gasteiger partial charge in [-0.25, -0.2) is 4.98 Å². The second-order valence-electron chi connectivity index (χ2n) is 3.91. The molecular weight excluding hydrogens is 276 g/mol. The summed E-state index contributed by atoms with van der Waals surface area (Å²) in [6.45, 7) is 0. The number of aromatic hydroxyl groups is 1. The van der Waals surface area contributed by atoms with Gasteiger partial charge >= 0.3 is 0 Å². The number of ether oxygens (including phenoxy) is 1. The Morgan fingerprint density at radius 2 is 2.25 bits per heavy atom. The molecule has 2 N–H and O–H groups in total. The van der Waals surface area contributed by atoms with Crippen LogP contribution in [0, 0.1) is 0 Å². The molecule has 0 aliphatic carbocycles. The first kappa shape index (κ1) is 14.1. The fraction of sp³-hybridized carbons (Fsp3) is 0.143. The second kappa shape index (κ2) is 6.21. The average molecular weight is 290 g/mol. The lowest BCUT2D eigenvalue weighted by atomic mass is 10.2. The van der Waals surface area contributed by atoms with E-state index < -0.39 is 0 Å². The van der Waals surface area contributed by atoms with Gasteiger partial charge in [0, 0.05) is 7.05 Å². The third kappa shape index (κ3) is 3.16. The maximum absolute atomic E-state index is 11.4. The van der Waals surface area contributed by atoms with E-state index in [9.17, 15) is 9.90 Å². The number of hydrogen-bond donors (Lipinski definition) is 2. The summed E-state index contributed by atoms with van der Waals surface area (Å²) >= 11 is 1.30. The van der Waals surface area contributed by atoms with Crippen LogP contribution in [0.25, 0.3) is 12.2 Å². The Kier molecular flexibility index (Phi) is 4.37. The Morgan fingerprint density at radius 3 is 2.90 bits per heavy atom. The minimum absolute atomic E-state index is 0.0832. The fourth-order valence-electron chi connectivity index (χ4n) is 1.57. The van der Waals surface area contributed by atoms with Gasteiger partial charge in [0.1, 0.15) is 9.88 Å². The van der Waals surface area contributed by atoms with Gasteiger partial charge in [-0.15, -0.1) is 11.3 Å².